The van der Waals surface area contributed by atoms with Crippen LogP contribution in [0.15, 0.2) is 65.8 Å². The Morgan fingerprint density at radius 1 is 0.955 bits per heavy atom. The fourth-order valence-electron chi connectivity index (χ4n) is 6.42. The zero-order valence-electron chi connectivity index (χ0n) is 28.6. The molecule has 0 spiro atoms. The maximum Gasteiger partial charge on any atom is 0.307 e. The summed E-state index contributed by atoms with van der Waals surface area (Å²) in [4.78, 5) is 18.3. The monoisotopic (exact) mass is 617 g/mol. The second-order valence-electron chi connectivity index (χ2n) is 14.7. The molecule has 0 amide bonds. The Morgan fingerprint density at radius 2 is 1.52 bits per heavy atom. The summed E-state index contributed by atoms with van der Waals surface area (Å²) < 4.78 is 12.8. The lowest BCUT2D eigenvalue weighted by molar-refractivity contribution is -0.155. The largest absolute Gasteiger partial charge is 0.460 e. The number of nitrogens with zero attached hydrogens (tertiary/aromatic N) is 1. The van der Waals surface area contributed by atoms with Crippen LogP contribution in [0.1, 0.15) is 93.9 Å². The Kier molecular flexibility index (Phi) is 12.9. The number of oxime groups is 1. The van der Waals surface area contributed by atoms with Crippen LogP contribution in [-0.4, -0.2) is 39.3 Å². The van der Waals surface area contributed by atoms with Crippen molar-refractivity contribution in [2.75, 3.05) is 13.7 Å². The quantitative estimate of drug-likeness (QED) is 0.0576. The summed E-state index contributed by atoms with van der Waals surface area (Å²) >= 11 is 0. The molecular weight excluding hydrogens is 563 g/mol. The minimum absolute atomic E-state index is 0.101. The lowest BCUT2D eigenvalue weighted by atomic mass is 9.71. The highest BCUT2D eigenvalue weighted by atomic mass is 28.4. The molecule has 0 heterocycles. The van der Waals surface area contributed by atoms with Crippen molar-refractivity contribution in [1.29, 1.82) is 0 Å². The van der Waals surface area contributed by atoms with E-state index in [-0.39, 0.29) is 23.3 Å². The number of hydrogen-bond donors (Lipinski definition) is 0. The second kappa shape index (κ2) is 15.9. The van der Waals surface area contributed by atoms with Crippen LogP contribution in [0, 0.1) is 35.5 Å². The molecule has 0 aromatic heterocycles. The van der Waals surface area contributed by atoms with Crippen molar-refractivity contribution in [1.82, 2.24) is 0 Å². The van der Waals surface area contributed by atoms with Gasteiger partial charge >= 0.3 is 5.97 Å². The van der Waals surface area contributed by atoms with E-state index in [0.29, 0.717) is 30.6 Å². The van der Waals surface area contributed by atoms with E-state index in [2.05, 4.69) is 112 Å². The van der Waals surface area contributed by atoms with E-state index in [9.17, 15) is 4.79 Å². The maximum absolute atomic E-state index is 13.0. The molecule has 0 aliphatic heterocycles. The zero-order valence-corrected chi connectivity index (χ0v) is 29.6. The predicted octanol–water partition coefficient (Wildman–Crippen LogP) is 7.77. The van der Waals surface area contributed by atoms with Gasteiger partial charge in [0.2, 0.25) is 0 Å². The van der Waals surface area contributed by atoms with Gasteiger partial charge in [-0.05, 0) is 86.0 Å². The van der Waals surface area contributed by atoms with Crippen LogP contribution in [0.2, 0.25) is 5.04 Å². The van der Waals surface area contributed by atoms with Crippen LogP contribution in [0.25, 0.3) is 0 Å². The molecule has 2 aromatic carbocycles. The average Bonchev–Trinajstić information content (AvgIpc) is 2.92. The third kappa shape index (κ3) is 10.1. The van der Waals surface area contributed by atoms with Crippen LogP contribution >= 0.6 is 0 Å². The van der Waals surface area contributed by atoms with E-state index in [1.54, 1.807) is 7.11 Å². The SMILES string of the molecule is CO/N=C(\C#CC1CC(CC(C)C)C1)[C@@H](CCCO[Si](c1ccccc1)(c1ccccc1)C(C)(C)C)CC(=O)OC(C)(C)C. The molecule has 0 bridgehead atoms. The first-order chi connectivity index (χ1) is 20.7. The van der Waals surface area contributed by atoms with Crippen molar-refractivity contribution in [2.45, 2.75) is 105 Å². The number of esters is 1. The van der Waals surface area contributed by atoms with Crippen LogP contribution in [0.5, 0.6) is 0 Å². The number of carbonyl (C=O) groups excluding carboxylic acids is 1. The summed E-state index contributed by atoms with van der Waals surface area (Å²) in [6, 6.07) is 21.4. The summed E-state index contributed by atoms with van der Waals surface area (Å²) in [6.07, 6.45) is 5.16. The van der Waals surface area contributed by atoms with E-state index in [0.717, 1.165) is 25.2 Å². The number of ether oxygens (including phenoxy) is 1. The second-order valence-corrected chi connectivity index (χ2v) is 19.0. The molecule has 0 unspecified atom stereocenters. The normalized spacial score (nSPS) is 18.2. The van der Waals surface area contributed by atoms with Crippen molar-refractivity contribution >= 4 is 30.4 Å². The van der Waals surface area contributed by atoms with Crippen molar-refractivity contribution in [3.63, 3.8) is 0 Å². The maximum atomic E-state index is 13.0. The van der Waals surface area contributed by atoms with Gasteiger partial charge in [-0.2, -0.15) is 0 Å². The van der Waals surface area contributed by atoms with Gasteiger partial charge in [0.15, 0.2) is 0 Å². The van der Waals surface area contributed by atoms with E-state index < -0.39 is 13.9 Å². The van der Waals surface area contributed by atoms with Crippen molar-refractivity contribution in [3.05, 3.63) is 60.7 Å². The highest BCUT2D eigenvalue weighted by molar-refractivity contribution is 6.99. The van der Waals surface area contributed by atoms with Crippen LogP contribution < -0.4 is 10.4 Å². The number of carbonyl (C=O) groups is 1. The molecule has 0 N–H and O–H groups in total. The van der Waals surface area contributed by atoms with Gasteiger partial charge in [-0.1, -0.05) is 106 Å². The van der Waals surface area contributed by atoms with Gasteiger partial charge in [0, 0.05) is 18.4 Å². The minimum Gasteiger partial charge on any atom is -0.460 e. The minimum atomic E-state index is -2.65. The number of benzene rings is 2. The Balaban J connectivity index is 1.82. The highest BCUT2D eigenvalue weighted by Crippen LogP contribution is 2.38. The molecule has 1 saturated carbocycles. The summed E-state index contributed by atoms with van der Waals surface area (Å²) in [5.41, 5.74) is 0.0615. The molecule has 0 radical (unpaired) electrons. The van der Waals surface area contributed by atoms with E-state index in [4.69, 9.17) is 14.0 Å². The third-order valence-electron chi connectivity index (χ3n) is 8.29. The first kappa shape index (κ1) is 35.6. The Bertz CT molecular complexity index is 1220. The van der Waals surface area contributed by atoms with Gasteiger partial charge in [-0.3, -0.25) is 4.79 Å². The van der Waals surface area contributed by atoms with E-state index in [1.165, 1.54) is 16.8 Å². The van der Waals surface area contributed by atoms with Gasteiger partial charge < -0.3 is 14.0 Å². The molecule has 0 saturated heterocycles. The molecule has 2 aromatic rings. The third-order valence-corrected chi connectivity index (χ3v) is 13.3. The van der Waals surface area contributed by atoms with Crippen molar-refractivity contribution in [3.8, 4) is 11.8 Å². The fourth-order valence-corrected chi connectivity index (χ4v) is 11.0. The number of rotatable bonds is 13. The van der Waals surface area contributed by atoms with Gasteiger partial charge in [0.1, 0.15) is 18.4 Å². The van der Waals surface area contributed by atoms with Crippen LogP contribution in [0.3, 0.4) is 0 Å². The van der Waals surface area contributed by atoms with Crippen LogP contribution in [-0.2, 0) is 18.8 Å². The molecule has 240 valence electrons. The Hall–Kier alpha value is -2.88. The average molecular weight is 618 g/mol. The lowest BCUT2D eigenvalue weighted by Gasteiger charge is -2.43. The Labute approximate surface area is 268 Å². The number of hydrogen-bond acceptors (Lipinski definition) is 5. The summed E-state index contributed by atoms with van der Waals surface area (Å²) in [7, 11) is -1.11. The standard InChI is InChI=1S/C38H55NO4Si/c1-29(2)25-31-26-30(27-31)22-23-35(39-41-9)32(28-36(40)43-37(3,4)5)17-16-24-42-44(38(6,7)8,33-18-12-10-13-19-33)34-20-14-11-15-21-34/h10-15,18-21,29-32H,16-17,24-28H2,1-9H3/b39-35+/t30?,31?,32-/m0/s1. The van der Waals surface area contributed by atoms with Gasteiger partial charge in [0.25, 0.3) is 8.32 Å². The van der Waals surface area contributed by atoms with E-state index >= 15 is 0 Å². The van der Waals surface area contributed by atoms with Gasteiger partial charge in [0.05, 0.1) is 6.42 Å². The molecule has 1 fully saturated rings. The fraction of sp³-hybridized carbons (Fsp3) is 0.579. The first-order valence-electron chi connectivity index (χ1n) is 16.3. The zero-order chi connectivity index (χ0) is 32.4. The molecule has 1 aliphatic carbocycles. The summed E-state index contributed by atoms with van der Waals surface area (Å²) in [5, 5.41) is 6.75. The van der Waals surface area contributed by atoms with Gasteiger partial charge in [-0.15, -0.1) is 0 Å². The first-order valence-corrected chi connectivity index (χ1v) is 18.3. The summed E-state index contributed by atoms with van der Waals surface area (Å²) in [5.74, 6) is 8.16. The molecule has 1 atom stereocenters. The predicted molar refractivity (Wildman–Crippen MR) is 185 cm³/mol. The molecule has 44 heavy (non-hydrogen) atoms. The van der Waals surface area contributed by atoms with Crippen molar-refractivity contribution < 1.29 is 18.8 Å². The van der Waals surface area contributed by atoms with Crippen LogP contribution in [0.4, 0.5) is 0 Å². The lowest BCUT2D eigenvalue weighted by Crippen LogP contribution is -2.66. The molecule has 5 nitrogen and oxygen atoms in total. The van der Waals surface area contributed by atoms with E-state index in [1.807, 2.05) is 20.8 Å². The highest BCUT2D eigenvalue weighted by Gasteiger charge is 2.50. The van der Waals surface area contributed by atoms with Crippen molar-refractivity contribution in [2.24, 2.45) is 28.8 Å². The molecular formula is C38H55NO4Si. The Morgan fingerprint density at radius 3 is 2.00 bits per heavy atom. The van der Waals surface area contributed by atoms with Gasteiger partial charge in [-0.25, -0.2) is 0 Å². The molecule has 6 heteroatoms. The topological polar surface area (TPSA) is 57.1 Å². The molecule has 1 aliphatic rings. The summed E-state index contributed by atoms with van der Waals surface area (Å²) in [6.45, 7) is 17.7. The molecule has 3 rings (SSSR count). The smallest absolute Gasteiger partial charge is 0.307 e.